The Labute approximate surface area is 163 Å². The van der Waals surface area contributed by atoms with Crippen molar-refractivity contribution in [2.24, 2.45) is 0 Å². The third-order valence-electron chi connectivity index (χ3n) is 5.12. The van der Waals surface area contributed by atoms with Gasteiger partial charge in [0.2, 0.25) is 5.91 Å². The van der Waals surface area contributed by atoms with Crippen LogP contribution in [0.3, 0.4) is 0 Å². The monoisotopic (exact) mass is 375 g/mol. The van der Waals surface area contributed by atoms with Gasteiger partial charge in [0.15, 0.2) is 0 Å². The van der Waals surface area contributed by atoms with Gasteiger partial charge in [-0.25, -0.2) is 9.78 Å². The molecule has 0 saturated carbocycles. The van der Waals surface area contributed by atoms with E-state index in [1.165, 1.54) is 4.90 Å². The van der Waals surface area contributed by atoms with Gasteiger partial charge < -0.3 is 14.6 Å². The van der Waals surface area contributed by atoms with Crippen molar-refractivity contribution in [3.63, 3.8) is 0 Å². The lowest BCUT2D eigenvalue weighted by Crippen LogP contribution is -2.49. The van der Waals surface area contributed by atoms with Crippen molar-refractivity contribution in [2.45, 2.75) is 32.0 Å². The molecule has 28 heavy (non-hydrogen) atoms. The minimum atomic E-state index is -0.987. The number of rotatable bonds is 5. The Kier molecular flexibility index (Phi) is 4.93. The first kappa shape index (κ1) is 18.0. The van der Waals surface area contributed by atoms with Crippen LogP contribution in [-0.2, 0) is 35.5 Å². The van der Waals surface area contributed by atoms with Crippen molar-refractivity contribution >= 4 is 11.9 Å². The lowest BCUT2D eigenvalue weighted by Gasteiger charge is -2.33. The van der Waals surface area contributed by atoms with Crippen molar-refractivity contribution < 1.29 is 14.7 Å². The van der Waals surface area contributed by atoms with Gasteiger partial charge in [0, 0.05) is 18.7 Å². The van der Waals surface area contributed by atoms with Crippen LogP contribution < -0.4 is 0 Å². The number of nitrogens with zero attached hydrogens (tertiary/aromatic N) is 3. The number of hydrogen-bond donors (Lipinski definition) is 1. The Morgan fingerprint density at radius 2 is 1.64 bits per heavy atom. The smallest absolute Gasteiger partial charge is 0.326 e. The van der Waals surface area contributed by atoms with E-state index in [0.717, 1.165) is 22.5 Å². The zero-order valence-electron chi connectivity index (χ0n) is 15.4. The summed E-state index contributed by atoms with van der Waals surface area (Å²) in [5, 5.41) is 9.74. The highest BCUT2D eigenvalue weighted by Gasteiger charge is 2.36. The summed E-state index contributed by atoms with van der Waals surface area (Å²) >= 11 is 0. The summed E-state index contributed by atoms with van der Waals surface area (Å²) in [7, 11) is 0. The van der Waals surface area contributed by atoms with Crippen LogP contribution in [0, 0.1) is 0 Å². The molecular formula is C22H21N3O3. The van der Waals surface area contributed by atoms with Gasteiger partial charge in [-0.1, -0.05) is 60.7 Å². The van der Waals surface area contributed by atoms with Crippen molar-refractivity contribution in [3.8, 4) is 0 Å². The molecule has 4 rings (SSSR count). The zero-order valence-corrected chi connectivity index (χ0v) is 15.4. The molecule has 0 spiro atoms. The number of fused-ring (bicyclic) bond motifs is 1. The van der Waals surface area contributed by atoms with Gasteiger partial charge in [0.25, 0.3) is 0 Å². The van der Waals surface area contributed by atoms with E-state index in [4.69, 9.17) is 0 Å². The molecule has 1 amide bonds. The number of imidazole rings is 1. The second-order valence-corrected chi connectivity index (χ2v) is 6.99. The van der Waals surface area contributed by atoms with E-state index in [2.05, 4.69) is 4.98 Å². The van der Waals surface area contributed by atoms with E-state index in [9.17, 15) is 14.7 Å². The van der Waals surface area contributed by atoms with Gasteiger partial charge in [0.1, 0.15) is 6.04 Å². The van der Waals surface area contributed by atoms with Crippen molar-refractivity contribution in [2.75, 3.05) is 0 Å². The van der Waals surface area contributed by atoms with Gasteiger partial charge in [-0.2, -0.15) is 0 Å². The molecule has 0 aliphatic carbocycles. The third-order valence-corrected chi connectivity index (χ3v) is 5.12. The largest absolute Gasteiger partial charge is 0.480 e. The first-order valence-electron chi connectivity index (χ1n) is 9.25. The van der Waals surface area contributed by atoms with Crippen LogP contribution in [-0.4, -0.2) is 37.5 Å². The van der Waals surface area contributed by atoms with Gasteiger partial charge in [-0.3, -0.25) is 4.79 Å². The number of carboxylic acids is 1. The summed E-state index contributed by atoms with van der Waals surface area (Å²) in [6.07, 6.45) is 2.18. The number of carbonyl (C=O) groups excluding carboxylic acids is 1. The lowest BCUT2D eigenvalue weighted by molar-refractivity contribution is -0.151. The first-order chi connectivity index (χ1) is 13.6. The van der Waals surface area contributed by atoms with Crippen LogP contribution >= 0.6 is 0 Å². The first-order valence-corrected chi connectivity index (χ1v) is 9.25. The Morgan fingerprint density at radius 3 is 2.29 bits per heavy atom. The van der Waals surface area contributed by atoms with Gasteiger partial charge in [-0.05, 0) is 11.1 Å². The second kappa shape index (κ2) is 7.68. The Hall–Kier alpha value is -3.41. The molecule has 0 radical (unpaired) electrons. The Balaban J connectivity index is 1.57. The predicted molar refractivity (Wildman–Crippen MR) is 104 cm³/mol. The molecule has 1 N–H and O–H groups in total. The molecular weight excluding hydrogens is 354 g/mol. The van der Waals surface area contributed by atoms with E-state index in [-0.39, 0.29) is 25.3 Å². The Morgan fingerprint density at radius 1 is 1.00 bits per heavy atom. The predicted octanol–water partition coefficient (Wildman–Crippen LogP) is 2.51. The zero-order chi connectivity index (χ0) is 19.5. The standard InChI is InChI=1S/C22H21N3O3/c26-21(11-16-7-3-1-4-8-16)25-14-18-19(12-20(25)22(27)28)24(15-23-18)13-17-9-5-2-6-10-17/h1-10,15,20H,11-14H2,(H,27,28)/t20-/m0/s1. The molecule has 1 aliphatic rings. The fraction of sp³-hybridized carbons (Fsp3) is 0.227. The number of aliphatic carboxylic acids is 1. The van der Waals surface area contributed by atoms with E-state index < -0.39 is 12.0 Å². The van der Waals surface area contributed by atoms with Crippen molar-refractivity contribution in [3.05, 3.63) is 89.5 Å². The van der Waals surface area contributed by atoms with Gasteiger partial charge >= 0.3 is 5.97 Å². The maximum Gasteiger partial charge on any atom is 0.326 e. The van der Waals surface area contributed by atoms with Gasteiger partial charge in [-0.15, -0.1) is 0 Å². The fourth-order valence-electron chi connectivity index (χ4n) is 3.65. The SMILES string of the molecule is O=C(O)[C@@H]1Cc2c(ncn2Cc2ccccc2)CN1C(=O)Cc1ccccc1. The molecule has 6 heteroatoms. The quantitative estimate of drug-likeness (QED) is 0.744. The highest BCUT2D eigenvalue weighted by atomic mass is 16.4. The van der Waals surface area contributed by atoms with Crippen LogP contribution in [0.5, 0.6) is 0 Å². The number of carbonyl (C=O) groups is 2. The maximum absolute atomic E-state index is 12.8. The minimum Gasteiger partial charge on any atom is -0.480 e. The molecule has 0 saturated heterocycles. The molecule has 0 fully saturated rings. The van der Waals surface area contributed by atoms with Crippen LogP contribution in [0.4, 0.5) is 0 Å². The third kappa shape index (κ3) is 3.67. The molecule has 1 aromatic heterocycles. The minimum absolute atomic E-state index is 0.185. The number of aromatic nitrogens is 2. The van der Waals surface area contributed by atoms with Crippen molar-refractivity contribution in [1.82, 2.24) is 14.5 Å². The molecule has 0 bridgehead atoms. The number of carboxylic acid groups (broad SMARTS) is 1. The van der Waals surface area contributed by atoms with Crippen LogP contribution in [0.25, 0.3) is 0 Å². The summed E-state index contributed by atoms with van der Waals surface area (Å²) in [5.74, 6) is -1.18. The molecule has 2 aromatic carbocycles. The highest BCUT2D eigenvalue weighted by molar-refractivity contribution is 5.85. The summed E-state index contributed by atoms with van der Waals surface area (Å²) in [4.78, 5) is 30.6. The molecule has 6 nitrogen and oxygen atoms in total. The van der Waals surface area contributed by atoms with Crippen LogP contribution in [0.1, 0.15) is 22.5 Å². The Bertz CT molecular complexity index is 983. The average molecular weight is 375 g/mol. The number of hydrogen-bond acceptors (Lipinski definition) is 3. The number of benzene rings is 2. The molecule has 2 heterocycles. The van der Waals surface area contributed by atoms with E-state index in [1.54, 1.807) is 6.33 Å². The summed E-state index contributed by atoms with van der Waals surface area (Å²) < 4.78 is 1.99. The van der Waals surface area contributed by atoms with Crippen LogP contribution in [0.15, 0.2) is 67.0 Å². The lowest BCUT2D eigenvalue weighted by atomic mass is 10.0. The molecule has 1 atom stereocenters. The normalized spacial score (nSPS) is 15.9. The topological polar surface area (TPSA) is 75.4 Å². The highest BCUT2D eigenvalue weighted by Crippen LogP contribution is 2.24. The van der Waals surface area contributed by atoms with Gasteiger partial charge in [0.05, 0.1) is 25.0 Å². The summed E-state index contributed by atoms with van der Waals surface area (Å²) in [6.45, 7) is 0.854. The molecule has 142 valence electrons. The van der Waals surface area contributed by atoms with E-state index in [0.29, 0.717) is 6.54 Å². The van der Waals surface area contributed by atoms with Crippen LogP contribution in [0.2, 0.25) is 0 Å². The second-order valence-electron chi connectivity index (χ2n) is 6.99. The summed E-state index contributed by atoms with van der Waals surface area (Å²) in [6, 6.07) is 18.5. The summed E-state index contributed by atoms with van der Waals surface area (Å²) in [5.41, 5.74) is 3.66. The number of amides is 1. The van der Waals surface area contributed by atoms with E-state index in [1.807, 2.05) is 65.2 Å². The molecule has 0 unspecified atom stereocenters. The molecule has 1 aliphatic heterocycles. The van der Waals surface area contributed by atoms with E-state index >= 15 is 0 Å². The maximum atomic E-state index is 12.8. The average Bonchev–Trinajstić information content (AvgIpc) is 3.10. The fourth-order valence-corrected chi connectivity index (χ4v) is 3.65. The van der Waals surface area contributed by atoms with Crippen molar-refractivity contribution in [1.29, 1.82) is 0 Å². The molecule has 3 aromatic rings.